The zero-order valence-electron chi connectivity index (χ0n) is 15.1. The largest absolute Gasteiger partial charge is 0.429 e. The lowest BCUT2D eigenvalue weighted by atomic mass is 10.0. The maximum Gasteiger partial charge on any atom is 0.379 e. The summed E-state index contributed by atoms with van der Waals surface area (Å²) in [4.78, 5) is 22.4. The van der Waals surface area contributed by atoms with E-state index in [0.29, 0.717) is 6.42 Å². The van der Waals surface area contributed by atoms with Crippen molar-refractivity contribution in [2.45, 2.75) is 103 Å². The van der Waals surface area contributed by atoms with Gasteiger partial charge in [0.05, 0.1) is 6.26 Å². The molecule has 0 aliphatic heterocycles. The van der Waals surface area contributed by atoms with Gasteiger partial charge in [-0.15, -0.1) is 0 Å². The fourth-order valence-electron chi connectivity index (χ4n) is 2.72. The lowest BCUT2D eigenvalue weighted by Gasteiger charge is -2.03. The Morgan fingerprint density at radius 2 is 1.13 bits per heavy atom. The number of hydrogen-bond acceptors (Lipinski definition) is 3. The van der Waals surface area contributed by atoms with Gasteiger partial charge in [-0.1, -0.05) is 97.0 Å². The van der Waals surface area contributed by atoms with Crippen LogP contribution in [0.25, 0.3) is 0 Å². The van der Waals surface area contributed by atoms with Crippen molar-refractivity contribution in [2.24, 2.45) is 0 Å². The maximum absolute atomic E-state index is 11.3. The molecule has 0 rings (SSSR count). The molecule has 0 bridgehead atoms. The van der Waals surface area contributed by atoms with Crippen molar-refractivity contribution in [3.63, 3.8) is 0 Å². The van der Waals surface area contributed by atoms with E-state index < -0.39 is 11.8 Å². The second-order valence-electron chi connectivity index (χ2n) is 6.34. The molecule has 0 saturated heterocycles. The van der Waals surface area contributed by atoms with Gasteiger partial charge in [0.1, 0.15) is 0 Å². The summed E-state index contributed by atoms with van der Waals surface area (Å²) in [6, 6.07) is 0. The highest BCUT2D eigenvalue weighted by molar-refractivity contribution is 6.33. The van der Waals surface area contributed by atoms with E-state index in [1.807, 2.05) is 0 Å². The first-order valence-electron chi connectivity index (χ1n) is 9.57. The molecule has 0 fully saturated rings. The van der Waals surface area contributed by atoms with Gasteiger partial charge in [0.2, 0.25) is 5.78 Å². The molecule has 0 heterocycles. The molecule has 0 aliphatic carbocycles. The molecule has 134 valence electrons. The second kappa shape index (κ2) is 17.2. The number of carbonyl (C=O) groups excluding carboxylic acids is 2. The van der Waals surface area contributed by atoms with Gasteiger partial charge < -0.3 is 4.74 Å². The number of ketones is 1. The quantitative estimate of drug-likeness (QED) is 0.140. The van der Waals surface area contributed by atoms with Gasteiger partial charge >= 0.3 is 5.97 Å². The Morgan fingerprint density at radius 3 is 1.52 bits per heavy atom. The lowest BCUT2D eigenvalue weighted by molar-refractivity contribution is -0.149. The third-order valence-corrected chi connectivity index (χ3v) is 4.18. The van der Waals surface area contributed by atoms with E-state index in [1.165, 1.54) is 70.6 Å². The number of esters is 1. The Kier molecular flexibility index (Phi) is 16.4. The minimum absolute atomic E-state index is 0.296. The third kappa shape index (κ3) is 15.5. The molecule has 0 aliphatic rings. The smallest absolute Gasteiger partial charge is 0.379 e. The summed E-state index contributed by atoms with van der Waals surface area (Å²) in [6.07, 6.45) is 19.2. The lowest BCUT2D eigenvalue weighted by Crippen LogP contribution is -2.14. The molecule has 0 radical (unpaired) electrons. The Hall–Kier alpha value is -1.12. The van der Waals surface area contributed by atoms with E-state index in [1.54, 1.807) is 0 Å². The van der Waals surface area contributed by atoms with Gasteiger partial charge in [0, 0.05) is 6.42 Å². The summed E-state index contributed by atoms with van der Waals surface area (Å²) in [5.74, 6) is -1.22. The van der Waals surface area contributed by atoms with E-state index >= 15 is 0 Å². The molecule has 0 unspecified atom stereocenters. The van der Waals surface area contributed by atoms with Crippen molar-refractivity contribution < 1.29 is 14.3 Å². The molecule has 3 heteroatoms. The van der Waals surface area contributed by atoms with Crippen LogP contribution in [0.1, 0.15) is 103 Å². The molecule has 0 amide bonds. The third-order valence-electron chi connectivity index (χ3n) is 4.18. The van der Waals surface area contributed by atoms with Gasteiger partial charge in [0.25, 0.3) is 0 Å². The van der Waals surface area contributed by atoms with Crippen molar-refractivity contribution in [1.82, 2.24) is 0 Å². The van der Waals surface area contributed by atoms with E-state index in [0.717, 1.165) is 25.5 Å². The number of ether oxygens (including phenoxy) is 1. The fourth-order valence-corrected chi connectivity index (χ4v) is 2.72. The van der Waals surface area contributed by atoms with Crippen LogP contribution in [0.3, 0.4) is 0 Å². The molecule has 0 aromatic carbocycles. The van der Waals surface area contributed by atoms with E-state index in [-0.39, 0.29) is 0 Å². The fraction of sp³-hybridized carbons (Fsp3) is 0.800. The maximum atomic E-state index is 11.3. The molecule has 0 spiro atoms. The molecule has 0 aromatic rings. The molecular formula is C20H36O3. The van der Waals surface area contributed by atoms with Gasteiger partial charge in [-0.2, -0.15) is 0 Å². The predicted octanol–water partition coefficient (Wildman–Crippen LogP) is 6.11. The van der Waals surface area contributed by atoms with Crippen LogP contribution in [-0.2, 0) is 14.3 Å². The summed E-state index contributed by atoms with van der Waals surface area (Å²) in [7, 11) is 0. The highest BCUT2D eigenvalue weighted by Crippen LogP contribution is 2.13. The number of unbranched alkanes of at least 4 members (excludes halogenated alkanes) is 13. The Labute approximate surface area is 142 Å². The predicted molar refractivity (Wildman–Crippen MR) is 96.2 cm³/mol. The number of rotatable bonds is 17. The first-order valence-corrected chi connectivity index (χ1v) is 9.57. The first kappa shape index (κ1) is 21.9. The van der Waals surface area contributed by atoms with Crippen LogP contribution >= 0.6 is 0 Å². The zero-order valence-corrected chi connectivity index (χ0v) is 15.1. The Balaban J connectivity index is 3.17. The highest BCUT2D eigenvalue weighted by Gasteiger charge is 2.13. The van der Waals surface area contributed by atoms with Crippen molar-refractivity contribution in [1.29, 1.82) is 0 Å². The summed E-state index contributed by atoms with van der Waals surface area (Å²) >= 11 is 0. The van der Waals surface area contributed by atoms with Crippen molar-refractivity contribution >= 4 is 11.8 Å². The van der Waals surface area contributed by atoms with E-state index in [9.17, 15) is 9.59 Å². The molecule has 23 heavy (non-hydrogen) atoms. The summed E-state index contributed by atoms with van der Waals surface area (Å²) in [5, 5.41) is 0. The molecule has 0 saturated carbocycles. The first-order chi connectivity index (χ1) is 11.2. The average molecular weight is 325 g/mol. The topological polar surface area (TPSA) is 43.4 Å². The van der Waals surface area contributed by atoms with Crippen molar-refractivity contribution in [3.8, 4) is 0 Å². The summed E-state index contributed by atoms with van der Waals surface area (Å²) in [6.45, 7) is 5.52. The monoisotopic (exact) mass is 324 g/mol. The molecule has 0 N–H and O–H groups in total. The zero-order chi connectivity index (χ0) is 17.2. The minimum Gasteiger partial charge on any atom is -0.429 e. The minimum atomic E-state index is -0.783. The van der Waals surface area contributed by atoms with Gasteiger partial charge in [0.15, 0.2) is 0 Å². The van der Waals surface area contributed by atoms with Crippen molar-refractivity contribution in [2.75, 3.05) is 0 Å². The van der Waals surface area contributed by atoms with Crippen LogP contribution in [0, 0.1) is 0 Å². The van der Waals surface area contributed by atoms with Gasteiger partial charge in [-0.05, 0) is 6.42 Å². The number of carbonyl (C=O) groups is 2. The van der Waals surface area contributed by atoms with Crippen molar-refractivity contribution in [3.05, 3.63) is 12.8 Å². The summed E-state index contributed by atoms with van der Waals surface area (Å²) in [5.41, 5.74) is 0. The average Bonchev–Trinajstić information content (AvgIpc) is 2.55. The molecule has 0 atom stereocenters. The normalized spacial score (nSPS) is 10.5. The second-order valence-corrected chi connectivity index (χ2v) is 6.34. The number of hydrogen-bond donors (Lipinski definition) is 0. The van der Waals surface area contributed by atoms with Crippen LogP contribution in [0.5, 0.6) is 0 Å². The molecule has 0 aromatic heterocycles. The van der Waals surface area contributed by atoms with E-state index in [2.05, 4.69) is 18.2 Å². The van der Waals surface area contributed by atoms with Crippen LogP contribution in [0.15, 0.2) is 12.8 Å². The van der Waals surface area contributed by atoms with Crippen LogP contribution in [-0.4, -0.2) is 11.8 Å². The highest BCUT2D eigenvalue weighted by atomic mass is 16.5. The van der Waals surface area contributed by atoms with Crippen LogP contribution in [0.4, 0.5) is 0 Å². The SMILES string of the molecule is C=COC(=O)C(=O)CCCCCCCCCCCCCCCC. The van der Waals surface area contributed by atoms with Gasteiger partial charge in [-0.25, -0.2) is 4.79 Å². The van der Waals surface area contributed by atoms with Crippen LogP contribution in [0.2, 0.25) is 0 Å². The number of Topliss-reactive ketones (excluding diaryl/α,β-unsaturated/α-hetero) is 1. The Bertz CT molecular complexity index is 310. The Morgan fingerprint density at radius 1 is 0.739 bits per heavy atom. The van der Waals surface area contributed by atoms with Gasteiger partial charge in [-0.3, -0.25) is 4.79 Å². The standard InChI is InChI=1S/C20H36O3/c1-3-5-6-7-8-9-10-11-12-13-14-15-16-17-18-19(21)20(22)23-4-2/h4H,2-3,5-18H2,1H3. The molecular weight excluding hydrogens is 288 g/mol. The summed E-state index contributed by atoms with van der Waals surface area (Å²) < 4.78 is 4.45. The van der Waals surface area contributed by atoms with Crippen LogP contribution < -0.4 is 0 Å². The molecule has 3 nitrogen and oxygen atoms in total. The van der Waals surface area contributed by atoms with E-state index in [4.69, 9.17) is 0 Å².